The van der Waals surface area contributed by atoms with E-state index in [9.17, 15) is 22.8 Å². The summed E-state index contributed by atoms with van der Waals surface area (Å²) >= 11 is 0. The fourth-order valence-electron chi connectivity index (χ4n) is 6.05. The number of anilines is 3. The van der Waals surface area contributed by atoms with E-state index in [1.54, 1.807) is 17.9 Å². The summed E-state index contributed by atoms with van der Waals surface area (Å²) in [4.78, 5) is 37.4. The third-order valence-corrected chi connectivity index (χ3v) is 8.51. The van der Waals surface area contributed by atoms with Crippen LogP contribution in [0.1, 0.15) is 57.3 Å². The number of amides is 2. The van der Waals surface area contributed by atoms with Crippen LogP contribution in [0.2, 0.25) is 0 Å². The topological polar surface area (TPSA) is 126 Å². The Morgan fingerprint density at radius 1 is 1.02 bits per heavy atom. The van der Waals surface area contributed by atoms with Gasteiger partial charge < -0.3 is 25.6 Å². The number of likely N-dealkylation sites (tertiary alicyclic amines) is 1. The number of carbonyl (C=O) groups excluding carboxylic acids is 2. The zero-order valence-corrected chi connectivity index (χ0v) is 26.2. The van der Waals surface area contributed by atoms with Crippen LogP contribution >= 0.6 is 0 Å². The summed E-state index contributed by atoms with van der Waals surface area (Å²) in [7, 11) is 3.71. The Labute approximate surface area is 269 Å². The number of nitrogens with zero attached hydrogens (tertiary/aromatic N) is 5. The van der Waals surface area contributed by atoms with Gasteiger partial charge >= 0.3 is 6.36 Å². The summed E-state index contributed by atoms with van der Waals surface area (Å²) in [6.07, 6.45) is -0.0681. The summed E-state index contributed by atoms with van der Waals surface area (Å²) in [6, 6.07) is 11.3. The van der Waals surface area contributed by atoms with Gasteiger partial charge in [0.2, 0.25) is 5.95 Å². The standard InChI is InChI=1S/C33H35F3N8O3/c1-4-19-7-5-6-8-24(19)39-31(46)28-23-11-9-21-18-37-32(41-27(21)29(23)44(3)42-28)40-25-12-10-20(17-26(25)47-33(34,35)36)30(45)38-22-13-15-43(2)16-14-22/h5-8,10,12,17-18,22H,4,9,11,13-16H2,1-3H3,(H,38,45)(H,39,46)(H,37,40,41). The van der Waals surface area contributed by atoms with E-state index in [-0.39, 0.29) is 34.8 Å². The van der Waals surface area contributed by atoms with Crippen molar-refractivity contribution in [1.29, 1.82) is 0 Å². The summed E-state index contributed by atoms with van der Waals surface area (Å²) in [5.41, 5.74) is 4.62. The molecule has 2 aromatic carbocycles. The summed E-state index contributed by atoms with van der Waals surface area (Å²) in [5, 5.41) is 13.2. The van der Waals surface area contributed by atoms with Gasteiger partial charge in [-0.2, -0.15) is 5.10 Å². The number of alkyl halides is 3. The van der Waals surface area contributed by atoms with Gasteiger partial charge in [0.05, 0.1) is 17.1 Å². The molecular formula is C33H35F3N8O3. The minimum absolute atomic E-state index is 0.0104. The number of hydrogen-bond donors (Lipinski definition) is 3. The third kappa shape index (κ3) is 7.07. The van der Waals surface area contributed by atoms with E-state index in [4.69, 9.17) is 0 Å². The number of benzene rings is 2. The number of hydrogen-bond acceptors (Lipinski definition) is 8. The predicted molar refractivity (Wildman–Crippen MR) is 170 cm³/mol. The van der Waals surface area contributed by atoms with Gasteiger partial charge in [-0.05, 0) is 87.6 Å². The molecule has 0 saturated carbocycles. The first kappa shape index (κ1) is 32.0. The predicted octanol–water partition coefficient (Wildman–Crippen LogP) is 5.26. The molecule has 0 bridgehead atoms. The highest BCUT2D eigenvalue weighted by molar-refractivity contribution is 6.05. The van der Waals surface area contributed by atoms with E-state index >= 15 is 0 Å². The lowest BCUT2D eigenvalue weighted by Gasteiger charge is -2.29. The third-order valence-electron chi connectivity index (χ3n) is 8.51. The fraction of sp³-hybridized carbons (Fsp3) is 0.364. The van der Waals surface area contributed by atoms with E-state index in [0.29, 0.717) is 29.9 Å². The van der Waals surface area contributed by atoms with Gasteiger partial charge in [-0.25, -0.2) is 9.97 Å². The highest BCUT2D eigenvalue weighted by Crippen LogP contribution is 2.37. The largest absolute Gasteiger partial charge is 0.573 e. The van der Waals surface area contributed by atoms with Gasteiger partial charge in [0.1, 0.15) is 0 Å². The molecule has 1 fully saturated rings. The number of piperidine rings is 1. The normalized spacial score (nSPS) is 15.0. The molecule has 0 atom stereocenters. The fourth-order valence-corrected chi connectivity index (χ4v) is 6.05. The number of aryl methyl sites for hydroxylation is 3. The Bertz CT molecular complexity index is 1820. The molecule has 4 aromatic rings. The summed E-state index contributed by atoms with van der Waals surface area (Å²) in [6.45, 7) is 3.65. The van der Waals surface area contributed by atoms with Crippen LogP contribution < -0.4 is 20.7 Å². The number of ether oxygens (including phenoxy) is 1. The Morgan fingerprint density at radius 2 is 1.79 bits per heavy atom. The molecule has 3 N–H and O–H groups in total. The Balaban J connectivity index is 1.26. The molecule has 246 valence electrons. The Hall–Kier alpha value is -4.98. The number of rotatable bonds is 8. The first-order valence-corrected chi connectivity index (χ1v) is 15.5. The maximum Gasteiger partial charge on any atom is 0.573 e. The molecule has 47 heavy (non-hydrogen) atoms. The second-order valence-corrected chi connectivity index (χ2v) is 11.8. The Kier molecular flexibility index (Phi) is 8.86. The SMILES string of the molecule is CCc1ccccc1NC(=O)c1nn(C)c2c1CCc1cnc(Nc3ccc(C(=O)NC4CCN(C)CC4)cc3OC(F)(F)F)nc1-2. The molecule has 2 aliphatic rings. The van der Waals surface area contributed by atoms with E-state index in [2.05, 4.69) is 40.7 Å². The van der Waals surface area contributed by atoms with Crippen molar-refractivity contribution in [1.82, 2.24) is 30.0 Å². The number of carbonyl (C=O) groups is 2. The molecule has 0 spiro atoms. The van der Waals surface area contributed by atoms with Gasteiger partial charge in [0.25, 0.3) is 11.8 Å². The lowest BCUT2D eigenvalue weighted by atomic mass is 9.93. The molecule has 11 nitrogen and oxygen atoms in total. The highest BCUT2D eigenvalue weighted by atomic mass is 19.4. The average Bonchev–Trinajstić information content (AvgIpc) is 3.39. The van der Waals surface area contributed by atoms with Crippen molar-refractivity contribution in [2.75, 3.05) is 30.8 Å². The molecule has 6 rings (SSSR count). The minimum atomic E-state index is -5.01. The number of fused-ring (bicyclic) bond motifs is 3. The summed E-state index contributed by atoms with van der Waals surface area (Å²) < 4.78 is 46.3. The van der Waals surface area contributed by atoms with Gasteiger partial charge in [-0.3, -0.25) is 14.3 Å². The van der Waals surface area contributed by atoms with Gasteiger partial charge in [0, 0.05) is 36.1 Å². The average molecular weight is 649 g/mol. The first-order chi connectivity index (χ1) is 22.5. The van der Waals surface area contributed by atoms with Gasteiger partial charge in [-0.1, -0.05) is 25.1 Å². The molecule has 0 radical (unpaired) electrons. The molecule has 1 aliphatic heterocycles. The molecule has 1 saturated heterocycles. The van der Waals surface area contributed by atoms with Crippen LogP contribution in [-0.2, 0) is 26.3 Å². The smallest absolute Gasteiger partial charge is 0.404 e. The van der Waals surface area contributed by atoms with Crippen molar-refractivity contribution in [2.24, 2.45) is 7.05 Å². The first-order valence-electron chi connectivity index (χ1n) is 15.5. The zero-order valence-electron chi connectivity index (χ0n) is 26.2. The number of nitrogens with one attached hydrogen (secondary N) is 3. The van der Waals surface area contributed by atoms with Gasteiger partial charge in [-0.15, -0.1) is 13.2 Å². The molecule has 0 unspecified atom stereocenters. The zero-order chi connectivity index (χ0) is 33.3. The van der Waals surface area contributed by atoms with Crippen LogP contribution in [0, 0.1) is 0 Å². The van der Waals surface area contributed by atoms with Crippen molar-refractivity contribution < 1.29 is 27.5 Å². The molecule has 1 aliphatic carbocycles. The molecule has 2 amide bonds. The molecule has 3 heterocycles. The van der Waals surface area contributed by atoms with Crippen LogP contribution in [0.3, 0.4) is 0 Å². The van der Waals surface area contributed by atoms with E-state index in [0.717, 1.165) is 55.1 Å². The van der Waals surface area contributed by atoms with Crippen LogP contribution in [-0.4, -0.2) is 69.0 Å². The quantitative estimate of drug-likeness (QED) is 0.237. The minimum Gasteiger partial charge on any atom is -0.404 e. The molecule has 2 aromatic heterocycles. The van der Waals surface area contributed by atoms with Crippen molar-refractivity contribution in [2.45, 2.75) is 51.4 Å². The maximum atomic E-state index is 13.5. The monoisotopic (exact) mass is 648 g/mol. The number of para-hydroxylation sites is 1. The summed E-state index contributed by atoms with van der Waals surface area (Å²) in [5.74, 6) is -1.41. The van der Waals surface area contributed by atoms with Gasteiger partial charge in [0.15, 0.2) is 11.4 Å². The maximum absolute atomic E-state index is 13.5. The van der Waals surface area contributed by atoms with Crippen LogP contribution in [0.5, 0.6) is 5.75 Å². The van der Waals surface area contributed by atoms with Crippen LogP contribution in [0.15, 0.2) is 48.7 Å². The van der Waals surface area contributed by atoms with Crippen molar-refractivity contribution in [3.63, 3.8) is 0 Å². The second kappa shape index (κ2) is 13.0. The van der Waals surface area contributed by atoms with Crippen molar-refractivity contribution >= 4 is 29.1 Å². The van der Waals surface area contributed by atoms with Crippen molar-refractivity contribution in [3.8, 4) is 17.1 Å². The molecular weight excluding hydrogens is 613 g/mol. The number of halogens is 3. The lowest BCUT2D eigenvalue weighted by molar-refractivity contribution is -0.274. The highest BCUT2D eigenvalue weighted by Gasteiger charge is 2.33. The lowest BCUT2D eigenvalue weighted by Crippen LogP contribution is -2.43. The molecule has 14 heteroatoms. The van der Waals surface area contributed by atoms with E-state index in [1.165, 1.54) is 12.1 Å². The second-order valence-electron chi connectivity index (χ2n) is 11.8. The number of aromatic nitrogens is 4. The van der Waals surface area contributed by atoms with Crippen LogP contribution in [0.25, 0.3) is 11.4 Å². The van der Waals surface area contributed by atoms with Crippen molar-refractivity contribution in [3.05, 3.63) is 76.6 Å². The van der Waals surface area contributed by atoms with E-state index in [1.807, 2.05) is 38.2 Å². The van der Waals surface area contributed by atoms with Crippen LogP contribution in [0.4, 0.5) is 30.5 Å². The Morgan fingerprint density at radius 3 is 2.53 bits per heavy atom. The van der Waals surface area contributed by atoms with E-state index < -0.39 is 18.0 Å².